The van der Waals surface area contributed by atoms with Crippen LogP contribution in [-0.4, -0.2) is 73.7 Å². The van der Waals surface area contributed by atoms with E-state index in [1.165, 1.54) is 0 Å². The Kier molecular flexibility index (Phi) is 6.37. The van der Waals surface area contributed by atoms with Gasteiger partial charge in [-0.2, -0.15) is 5.06 Å². The predicted molar refractivity (Wildman–Crippen MR) is 71.5 cm³/mol. The number of hydrogen-bond acceptors (Lipinski definition) is 6. The van der Waals surface area contributed by atoms with Crippen LogP contribution >= 0.6 is 0 Å². The second-order valence-electron chi connectivity index (χ2n) is 5.15. The number of rotatable bonds is 7. The Morgan fingerprint density at radius 3 is 2.95 bits per heavy atom. The van der Waals surface area contributed by atoms with Crippen LogP contribution in [0.3, 0.4) is 0 Å². The minimum Gasteiger partial charge on any atom is -0.480 e. The number of hydrogen-bond donors (Lipinski definition) is 2. The van der Waals surface area contributed by atoms with Crippen molar-refractivity contribution >= 4 is 11.9 Å². The topological polar surface area (TPSA) is 97.3 Å². The quantitative estimate of drug-likeness (QED) is 0.647. The van der Waals surface area contributed by atoms with Crippen LogP contribution in [0.2, 0.25) is 0 Å². The van der Waals surface area contributed by atoms with E-state index in [0.29, 0.717) is 39.2 Å². The van der Waals surface area contributed by atoms with Gasteiger partial charge >= 0.3 is 5.97 Å². The molecule has 2 N–H and O–H groups in total. The third-order valence-electron chi connectivity index (χ3n) is 3.47. The summed E-state index contributed by atoms with van der Waals surface area (Å²) < 4.78 is 10.6. The van der Waals surface area contributed by atoms with Gasteiger partial charge < -0.3 is 19.9 Å². The maximum Gasteiger partial charge on any atom is 0.329 e. The molecule has 0 spiro atoms. The molecule has 0 aromatic carbocycles. The van der Waals surface area contributed by atoms with Crippen molar-refractivity contribution < 1.29 is 29.0 Å². The van der Waals surface area contributed by atoms with Crippen LogP contribution < -0.4 is 5.32 Å². The monoisotopic (exact) mass is 302 g/mol. The van der Waals surface area contributed by atoms with Gasteiger partial charge in [0.1, 0.15) is 6.61 Å². The first-order valence-electron chi connectivity index (χ1n) is 7.23. The van der Waals surface area contributed by atoms with E-state index >= 15 is 0 Å². The Balaban J connectivity index is 1.72. The lowest BCUT2D eigenvalue weighted by Crippen LogP contribution is -2.51. The highest BCUT2D eigenvalue weighted by molar-refractivity contribution is 5.76. The molecule has 0 bridgehead atoms. The molecule has 120 valence electrons. The van der Waals surface area contributed by atoms with Crippen LogP contribution in [-0.2, 0) is 23.9 Å². The number of aliphatic carboxylic acids is 1. The van der Waals surface area contributed by atoms with Gasteiger partial charge in [-0.1, -0.05) is 0 Å². The van der Waals surface area contributed by atoms with E-state index in [4.69, 9.17) is 19.4 Å². The lowest BCUT2D eigenvalue weighted by Gasteiger charge is -2.31. The van der Waals surface area contributed by atoms with Crippen molar-refractivity contribution in [2.45, 2.75) is 31.4 Å². The molecule has 1 amide bonds. The molecule has 0 radical (unpaired) electrons. The molecule has 2 rings (SSSR count). The van der Waals surface area contributed by atoms with Crippen molar-refractivity contribution in [2.75, 3.05) is 39.5 Å². The number of nitrogens with zero attached hydrogens (tertiary/aromatic N) is 1. The molecule has 8 nitrogen and oxygen atoms in total. The van der Waals surface area contributed by atoms with E-state index < -0.39 is 5.97 Å². The van der Waals surface area contributed by atoms with Crippen molar-refractivity contribution in [1.82, 2.24) is 10.4 Å². The summed E-state index contributed by atoms with van der Waals surface area (Å²) in [4.78, 5) is 27.8. The van der Waals surface area contributed by atoms with Gasteiger partial charge in [0.25, 0.3) is 0 Å². The molecule has 0 unspecified atom stereocenters. The molecule has 2 saturated heterocycles. The number of hydroxylamine groups is 2. The SMILES string of the molecule is O=C(O)CO[C@H]1CCOC[C@H]1NC(=O)CCN1CCCO1. The maximum absolute atomic E-state index is 11.9. The van der Waals surface area contributed by atoms with Crippen LogP contribution in [0.5, 0.6) is 0 Å². The summed E-state index contributed by atoms with van der Waals surface area (Å²) in [7, 11) is 0. The Bertz CT molecular complexity index is 359. The number of amides is 1. The van der Waals surface area contributed by atoms with Gasteiger partial charge in [0.05, 0.1) is 25.4 Å². The zero-order valence-corrected chi connectivity index (χ0v) is 12.0. The molecule has 0 saturated carbocycles. The van der Waals surface area contributed by atoms with Gasteiger partial charge in [-0.3, -0.25) is 9.63 Å². The summed E-state index contributed by atoms with van der Waals surface area (Å²) >= 11 is 0. The highest BCUT2D eigenvalue weighted by Gasteiger charge is 2.28. The first-order valence-corrected chi connectivity index (χ1v) is 7.23. The highest BCUT2D eigenvalue weighted by Crippen LogP contribution is 2.12. The second kappa shape index (κ2) is 8.28. The zero-order valence-electron chi connectivity index (χ0n) is 12.0. The van der Waals surface area contributed by atoms with Crippen LogP contribution in [0.1, 0.15) is 19.3 Å². The molecular formula is C13H22N2O6. The fourth-order valence-corrected chi connectivity index (χ4v) is 2.41. The number of carbonyl (C=O) groups excluding carboxylic acids is 1. The highest BCUT2D eigenvalue weighted by atomic mass is 16.7. The standard InChI is InChI=1S/C13H22N2O6/c16-12(2-5-15-4-1-6-21-15)14-10-8-19-7-3-11(10)20-9-13(17)18/h10-11H,1-9H2,(H,14,16)(H,17,18)/t10-,11+/m1/s1. The molecule has 0 aliphatic carbocycles. The lowest BCUT2D eigenvalue weighted by molar-refractivity contribution is -0.148. The lowest BCUT2D eigenvalue weighted by atomic mass is 10.1. The van der Waals surface area contributed by atoms with Crippen molar-refractivity contribution in [3.05, 3.63) is 0 Å². The van der Waals surface area contributed by atoms with Crippen LogP contribution in [0.25, 0.3) is 0 Å². The van der Waals surface area contributed by atoms with E-state index in [9.17, 15) is 9.59 Å². The van der Waals surface area contributed by atoms with Crippen molar-refractivity contribution in [3.8, 4) is 0 Å². The minimum atomic E-state index is -1.02. The van der Waals surface area contributed by atoms with Gasteiger partial charge in [0, 0.05) is 26.1 Å². The van der Waals surface area contributed by atoms with Gasteiger partial charge in [-0.05, 0) is 12.8 Å². The largest absolute Gasteiger partial charge is 0.480 e. The second-order valence-corrected chi connectivity index (χ2v) is 5.15. The van der Waals surface area contributed by atoms with Gasteiger partial charge in [-0.25, -0.2) is 4.79 Å². The van der Waals surface area contributed by atoms with Crippen LogP contribution in [0, 0.1) is 0 Å². The molecular weight excluding hydrogens is 280 g/mol. The van der Waals surface area contributed by atoms with E-state index in [-0.39, 0.29) is 24.7 Å². The van der Waals surface area contributed by atoms with Gasteiger partial charge in [0.15, 0.2) is 0 Å². The Labute approximate surface area is 123 Å². The third-order valence-corrected chi connectivity index (χ3v) is 3.47. The third kappa shape index (κ3) is 5.58. The number of carbonyl (C=O) groups is 2. The molecule has 2 aliphatic heterocycles. The van der Waals surface area contributed by atoms with Crippen molar-refractivity contribution in [3.63, 3.8) is 0 Å². The Morgan fingerprint density at radius 1 is 1.38 bits per heavy atom. The van der Waals surface area contributed by atoms with Gasteiger partial charge in [0.2, 0.25) is 5.91 Å². The van der Waals surface area contributed by atoms with Crippen LogP contribution in [0.15, 0.2) is 0 Å². The molecule has 2 atom stereocenters. The Morgan fingerprint density at radius 2 is 2.24 bits per heavy atom. The summed E-state index contributed by atoms with van der Waals surface area (Å²) in [6.07, 6.45) is 1.58. The smallest absolute Gasteiger partial charge is 0.329 e. The first kappa shape index (κ1) is 16.2. The normalized spacial score (nSPS) is 26.7. The minimum absolute atomic E-state index is 0.107. The zero-order chi connectivity index (χ0) is 15.1. The maximum atomic E-state index is 11.9. The number of carboxylic acid groups (broad SMARTS) is 1. The van der Waals surface area contributed by atoms with Gasteiger partial charge in [-0.15, -0.1) is 0 Å². The molecule has 0 aromatic rings. The van der Waals surface area contributed by atoms with E-state index in [2.05, 4.69) is 5.32 Å². The van der Waals surface area contributed by atoms with Crippen molar-refractivity contribution in [2.24, 2.45) is 0 Å². The summed E-state index contributed by atoms with van der Waals surface area (Å²) in [5.41, 5.74) is 0. The number of nitrogens with one attached hydrogen (secondary N) is 1. The molecule has 0 aromatic heterocycles. The average molecular weight is 302 g/mol. The number of ether oxygens (including phenoxy) is 2. The van der Waals surface area contributed by atoms with E-state index in [0.717, 1.165) is 13.0 Å². The predicted octanol–water partition coefficient (Wildman–Crippen LogP) is -0.611. The summed E-state index contributed by atoms with van der Waals surface area (Å²) in [5, 5.41) is 13.3. The summed E-state index contributed by atoms with van der Waals surface area (Å²) in [6.45, 7) is 2.61. The van der Waals surface area contributed by atoms with E-state index in [1.54, 1.807) is 5.06 Å². The number of carboxylic acids is 1. The summed E-state index contributed by atoms with van der Waals surface area (Å²) in [5.74, 6) is -1.12. The summed E-state index contributed by atoms with van der Waals surface area (Å²) in [6, 6.07) is -0.301. The average Bonchev–Trinajstić information content (AvgIpc) is 2.97. The van der Waals surface area contributed by atoms with Crippen molar-refractivity contribution in [1.29, 1.82) is 0 Å². The molecule has 21 heavy (non-hydrogen) atoms. The Hall–Kier alpha value is -1.22. The fourth-order valence-electron chi connectivity index (χ4n) is 2.41. The molecule has 2 fully saturated rings. The molecule has 8 heteroatoms. The van der Waals surface area contributed by atoms with Crippen LogP contribution in [0.4, 0.5) is 0 Å². The molecule has 2 aliphatic rings. The first-order chi connectivity index (χ1) is 10.1. The van der Waals surface area contributed by atoms with E-state index in [1.807, 2.05) is 0 Å². The molecule has 2 heterocycles. The fraction of sp³-hybridized carbons (Fsp3) is 0.846.